The van der Waals surface area contributed by atoms with Gasteiger partial charge in [-0.15, -0.1) is 0 Å². The van der Waals surface area contributed by atoms with Gasteiger partial charge in [-0.25, -0.2) is 0 Å². The normalized spacial score (nSPS) is 13.0. The summed E-state index contributed by atoms with van der Waals surface area (Å²) in [6.45, 7) is 7.59. The molecular formula is C63H106O5. The van der Waals surface area contributed by atoms with Crippen LogP contribution in [0, 0.1) is 0 Å². The zero-order valence-electron chi connectivity index (χ0n) is 44.6. The highest BCUT2D eigenvalue weighted by molar-refractivity contribution is 5.70. The van der Waals surface area contributed by atoms with E-state index in [0.717, 1.165) is 116 Å². The average molecular weight is 944 g/mol. The van der Waals surface area contributed by atoms with Gasteiger partial charge in [0.05, 0.1) is 6.61 Å². The van der Waals surface area contributed by atoms with Crippen molar-refractivity contribution in [3.05, 3.63) is 109 Å². The summed E-state index contributed by atoms with van der Waals surface area (Å²) in [5, 5.41) is 0. The maximum Gasteiger partial charge on any atom is 0.306 e. The number of ether oxygens (including phenoxy) is 3. The Bertz CT molecular complexity index is 1340. The first-order valence-electron chi connectivity index (χ1n) is 28.4. The van der Waals surface area contributed by atoms with Crippen molar-refractivity contribution in [2.75, 3.05) is 19.8 Å². The number of carbonyl (C=O) groups excluding carboxylic acids is 2. The van der Waals surface area contributed by atoms with E-state index < -0.39 is 6.10 Å². The summed E-state index contributed by atoms with van der Waals surface area (Å²) in [7, 11) is 0. The molecule has 0 spiro atoms. The monoisotopic (exact) mass is 943 g/mol. The van der Waals surface area contributed by atoms with E-state index >= 15 is 0 Å². The Kier molecular flexibility index (Phi) is 54.9. The number of allylic oxidation sites excluding steroid dienone is 18. The average Bonchev–Trinajstić information content (AvgIpc) is 3.34. The Morgan fingerprint density at radius 2 is 0.662 bits per heavy atom. The Morgan fingerprint density at radius 1 is 0.338 bits per heavy atom. The van der Waals surface area contributed by atoms with E-state index in [0.29, 0.717) is 19.4 Å². The second-order valence-corrected chi connectivity index (χ2v) is 18.4. The first-order chi connectivity index (χ1) is 33.6. The van der Waals surface area contributed by atoms with Gasteiger partial charge in [-0.3, -0.25) is 9.59 Å². The topological polar surface area (TPSA) is 61.8 Å². The fraction of sp³-hybridized carbons (Fsp3) is 0.683. The molecule has 0 heterocycles. The summed E-state index contributed by atoms with van der Waals surface area (Å²) >= 11 is 0. The number of unbranched alkanes of at least 4 members (excludes halogenated alkanes) is 22. The summed E-state index contributed by atoms with van der Waals surface area (Å²) < 4.78 is 17.4. The van der Waals surface area contributed by atoms with Crippen LogP contribution in [0.1, 0.15) is 252 Å². The van der Waals surface area contributed by atoms with Gasteiger partial charge in [0, 0.05) is 19.4 Å². The first kappa shape index (κ1) is 64.6. The van der Waals surface area contributed by atoms with E-state index in [1.807, 2.05) is 0 Å². The Hall–Kier alpha value is -3.44. The van der Waals surface area contributed by atoms with Gasteiger partial charge in [-0.05, 0) is 128 Å². The molecule has 0 rings (SSSR count). The summed E-state index contributed by atoms with van der Waals surface area (Å²) in [5.74, 6) is -0.441. The number of rotatable bonds is 51. The molecule has 0 amide bonds. The predicted octanol–water partition coefficient (Wildman–Crippen LogP) is 19.6. The maximum atomic E-state index is 12.9. The van der Waals surface area contributed by atoms with Crippen LogP contribution < -0.4 is 0 Å². The van der Waals surface area contributed by atoms with Crippen LogP contribution in [0.4, 0.5) is 0 Å². The van der Waals surface area contributed by atoms with Gasteiger partial charge in [0.2, 0.25) is 0 Å². The zero-order valence-corrected chi connectivity index (χ0v) is 44.6. The molecule has 0 aromatic carbocycles. The molecule has 0 aromatic rings. The van der Waals surface area contributed by atoms with Gasteiger partial charge in [-0.1, -0.05) is 220 Å². The van der Waals surface area contributed by atoms with Gasteiger partial charge < -0.3 is 14.2 Å². The molecule has 0 saturated heterocycles. The third-order valence-corrected chi connectivity index (χ3v) is 11.8. The van der Waals surface area contributed by atoms with Gasteiger partial charge in [0.25, 0.3) is 0 Å². The minimum absolute atomic E-state index is 0.0578. The van der Waals surface area contributed by atoms with E-state index in [2.05, 4.69) is 130 Å². The molecule has 0 saturated carbocycles. The first-order valence-corrected chi connectivity index (χ1v) is 28.4. The highest BCUT2D eigenvalue weighted by Crippen LogP contribution is 2.13. The molecule has 5 nitrogen and oxygen atoms in total. The molecule has 0 N–H and O–H groups in total. The van der Waals surface area contributed by atoms with Gasteiger partial charge >= 0.3 is 11.9 Å². The van der Waals surface area contributed by atoms with Crippen LogP contribution in [0.2, 0.25) is 0 Å². The molecule has 68 heavy (non-hydrogen) atoms. The summed E-state index contributed by atoms with van der Waals surface area (Å²) in [6, 6.07) is 0. The Balaban J connectivity index is 4.36. The SMILES string of the molecule is CC/C=C\C/C=C\C/C=C\CCCCCCOCC(COC(=O)CCCCCCCC/C=C\C/C=C\C/C=C\CCCCC)OC(=O)CCCCCCCC/C=C\C/C=C\C/C=C\CCCCC. The number of esters is 2. The van der Waals surface area contributed by atoms with Crippen LogP contribution in [0.5, 0.6) is 0 Å². The lowest BCUT2D eigenvalue weighted by Crippen LogP contribution is -2.30. The van der Waals surface area contributed by atoms with Crippen molar-refractivity contribution in [3.63, 3.8) is 0 Å². The molecule has 0 aliphatic carbocycles. The molecule has 1 unspecified atom stereocenters. The quantitative estimate of drug-likeness (QED) is 0.0345. The minimum atomic E-state index is -0.568. The molecular weight excluding hydrogens is 837 g/mol. The molecule has 0 fully saturated rings. The molecule has 0 aromatic heterocycles. The lowest BCUT2D eigenvalue weighted by molar-refractivity contribution is -0.163. The molecule has 1 atom stereocenters. The van der Waals surface area contributed by atoms with E-state index in [1.54, 1.807) is 0 Å². The third-order valence-electron chi connectivity index (χ3n) is 11.8. The van der Waals surface area contributed by atoms with Gasteiger partial charge in [0.1, 0.15) is 6.61 Å². The van der Waals surface area contributed by atoms with Crippen LogP contribution in [0.15, 0.2) is 109 Å². The molecule has 388 valence electrons. The van der Waals surface area contributed by atoms with Crippen molar-refractivity contribution >= 4 is 11.9 Å². The van der Waals surface area contributed by atoms with Gasteiger partial charge in [-0.2, -0.15) is 0 Å². The standard InChI is InChI=1S/C63H106O5/c1-4-7-10-13-16-19-22-25-28-30-32-34-36-38-41-44-47-50-53-56-62(64)67-60-61(59-66-58-55-52-49-46-43-40-27-24-21-18-15-12-9-6-3)68-63(65)57-54-51-48-45-42-39-37-35-33-31-29-26-23-20-17-14-11-8-5-2/h9,12,16-21,25-29,32-35,40,61H,4-8,10-11,13-15,22-24,30-31,36-39,41-60H2,1-3H3/b12-9-,19-16-,20-17-,21-18-,28-25-,29-26-,34-32-,35-33-,40-27-. The largest absolute Gasteiger partial charge is 0.462 e. The second kappa shape index (κ2) is 57.9. The Morgan fingerprint density at radius 3 is 1.06 bits per heavy atom. The minimum Gasteiger partial charge on any atom is -0.462 e. The highest BCUT2D eigenvalue weighted by atomic mass is 16.6. The fourth-order valence-electron chi connectivity index (χ4n) is 7.54. The third kappa shape index (κ3) is 55.2. The molecule has 0 bridgehead atoms. The fourth-order valence-corrected chi connectivity index (χ4v) is 7.54. The lowest BCUT2D eigenvalue weighted by atomic mass is 10.1. The molecule has 5 heteroatoms. The molecule has 0 aliphatic heterocycles. The number of hydrogen-bond donors (Lipinski definition) is 0. The van der Waals surface area contributed by atoms with E-state index in [-0.39, 0.29) is 25.2 Å². The Labute approximate surface area is 421 Å². The van der Waals surface area contributed by atoms with Crippen LogP contribution >= 0.6 is 0 Å². The van der Waals surface area contributed by atoms with Crippen LogP contribution in [-0.2, 0) is 23.8 Å². The highest BCUT2D eigenvalue weighted by Gasteiger charge is 2.17. The van der Waals surface area contributed by atoms with E-state index in [1.165, 1.54) is 103 Å². The van der Waals surface area contributed by atoms with E-state index in [9.17, 15) is 9.59 Å². The van der Waals surface area contributed by atoms with Crippen molar-refractivity contribution in [2.45, 2.75) is 258 Å². The second-order valence-electron chi connectivity index (χ2n) is 18.4. The van der Waals surface area contributed by atoms with Crippen LogP contribution in [-0.4, -0.2) is 37.9 Å². The number of carbonyl (C=O) groups is 2. The van der Waals surface area contributed by atoms with Crippen molar-refractivity contribution in [1.82, 2.24) is 0 Å². The summed E-state index contributed by atoms with van der Waals surface area (Å²) in [6.07, 6.45) is 79.6. The van der Waals surface area contributed by atoms with Crippen LogP contribution in [0.25, 0.3) is 0 Å². The van der Waals surface area contributed by atoms with Crippen LogP contribution in [0.3, 0.4) is 0 Å². The van der Waals surface area contributed by atoms with Gasteiger partial charge in [0.15, 0.2) is 6.10 Å². The van der Waals surface area contributed by atoms with Crippen molar-refractivity contribution in [1.29, 1.82) is 0 Å². The van der Waals surface area contributed by atoms with Crippen molar-refractivity contribution in [3.8, 4) is 0 Å². The van der Waals surface area contributed by atoms with Crippen molar-refractivity contribution < 1.29 is 23.8 Å². The van der Waals surface area contributed by atoms with E-state index in [4.69, 9.17) is 14.2 Å². The maximum absolute atomic E-state index is 12.9. The molecule has 0 aliphatic rings. The summed E-state index contributed by atoms with van der Waals surface area (Å²) in [5.41, 5.74) is 0. The predicted molar refractivity (Wildman–Crippen MR) is 297 cm³/mol. The smallest absolute Gasteiger partial charge is 0.306 e. The number of hydrogen-bond acceptors (Lipinski definition) is 5. The summed E-state index contributed by atoms with van der Waals surface area (Å²) in [4.78, 5) is 25.5. The zero-order chi connectivity index (χ0) is 49.2. The lowest BCUT2D eigenvalue weighted by Gasteiger charge is -2.18. The molecule has 0 radical (unpaired) electrons. The van der Waals surface area contributed by atoms with Crippen molar-refractivity contribution in [2.24, 2.45) is 0 Å².